The molecule has 3 aromatic rings. The molecule has 0 N–H and O–H groups in total. The van der Waals surface area contributed by atoms with Crippen LogP contribution in [0.2, 0.25) is 5.02 Å². The highest BCUT2D eigenvalue weighted by atomic mass is 35.5. The number of benzene rings is 2. The third kappa shape index (κ3) is 3.66. The predicted molar refractivity (Wildman–Crippen MR) is 95.1 cm³/mol. The Bertz CT molecular complexity index is 877. The summed E-state index contributed by atoms with van der Waals surface area (Å²) in [6.07, 6.45) is 0. The molecular weight excluding hydrogens is 344 g/mol. The number of tetrazole rings is 1. The number of aryl methyl sites for hydroxylation is 2. The fourth-order valence-electron chi connectivity index (χ4n) is 2.22. The first kappa shape index (κ1) is 16.7. The summed E-state index contributed by atoms with van der Waals surface area (Å²) in [7, 11) is 0. The third-order valence-corrected chi connectivity index (χ3v) is 4.70. The van der Waals surface area contributed by atoms with Crippen molar-refractivity contribution in [1.82, 2.24) is 20.2 Å². The summed E-state index contributed by atoms with van der Waals surface area (Å²) in [5, 5.41) is 13.0. The monoisotopic (exact) mass is 358 g/mol. The molecule has 24 heavy (non-hydrogen) atoms. The molecule has 0 aliphatic carbocycles. The second kappa shape index (κ2) is 7.15. The second-order valence-corrected chi connectivity index (χ2v) is 6.76. The summed E-state index contributed by atoms with van der Waals surface area (Å²) in [5.74, 6) is 0.263. The van der Waals surface area contributed by atoms with Crippen LogP contribution in [0, 0.1) is 13.8 Å². The Morgan fingerprint density at radius 2 is 1.92 bits per heavy atom. The zero-order valence-electron chi connectivity index (χ0n) is 13.2. The first-order valence-corrected chi connectivity index (χ1v) is 8.68. The standard InChI is InChI=1S/C17H15ClN4OS/c1-11-3-4-12(2)15(9-11)22-17(19-20-21-22)24-10-16(23)13-5-7-14(18)8-6-13/h3-9H,10H2,1-2H3. The van der Waals surface area contributed by atoms with E-state index in [2.05, 4.69) is 15.5 Å². The van der Waals surface area contributed by atoms with Gasteiger partial charge in [-0.05, 0) is 65.7 Å². The van der Waals surface area contributed by atoms with Crippen molar-refractivity contribution in [3.63, 3.8) is 0 Å². The van der Waals surface area contributed by atoms with E-state index in [0.717, 1.165) is 16.8 Å². The van der Waals surface area contributed by atoms with E-state index in [0.29, 0.717) is 15.7 Å². The fourth-order valence-corrected chi connectivity index (χ4v) is 3.12. The minimum atomic E-state index is 0.00665. The van der Waals surface area contributed by atoms with Gasteiger partial charge in [-0.1, -0.05) is 35.5 Å². The van der Waals surface area contributed by atoms with E-state index in [1.165, 1.54) is 11.8 Å². The number of nitrogens with zero attached hydrogens (tertiary/aromatic N) is 4. The molecule has 0 saturated carbocycles. The number of carbonyl (C=O) groups excluding carboxylic acids is 1. The van der Waals surface area contributed by atoms with E-state index in [1.807, 2.05) is 32.0 Å². The lowest BCUT2D eigenvalue weighted by molar-refractivity contribution is 0.102. The van der Waals surface area contributed by atoms with E-state index < -0.39 is 0 Å². The van der Waals surface area contributed by atoms with Gasteiger partial charge in [-0.2, -0.15) is 4.68 Å². The summed E-state index contributed by atoms with van der Waals surface area (Å²) in [4.78, 5) is 12.3. The Kier molecular flexibility index (Phi) is 4.97. The normalized spacial score (nSPS) is 10.8. The Hall–Kier alpha value is -2.18. The van der Waals surface area contributed by atoms with Gasteiger partial charge in [0.05, 0.1) is 11.4 Å². The van der Waals surface area contributed by atoms with Crippen LogP contribution < -0.4 is 0 Å². The molecule has 1 aromatic heterocycles. The van der Waals surface area contributed by atoms with E-state index in [4.69, 9.17) is 11.6 Å². The van der Waals surface area contributed by atoms with Gasteiger partial charge in [0.25, 0.3) is 0 Å². The van der Waals surface area contributed by atoms with Gasteiger partial charge < -0.3 is 0 Å². The molecule has 5 nitrogen and oxygen atoms in total. The highest BCUT2D eigenvalue weighted by molar-refractivity contribution is 7.99. The molecule has 0 spiro atoms. The number of thioether (sulfide) groups is 1. The van der Waals surface area contributed by atoms with E-state index in [1.54, 1.807) is 28.9 Å². The molecule has 0 fully saturated rings. The first-order chi connectivity index (χ1) is 11.5. The number of ketones is 1. The lowest BCUT2D eigenvalue weighted by Gasteiger charge is -2.08. The minimum Gasteiger partial charge on any atom is -0.293 e. The lowest BCUT2D eigenvalue weighted by atomic mass is 10.1. The van der Waals surface area contributed by atoms with E-state index in [9.17, 15) is 4.79 Å². The van der Waals surface area contributed by atoms with E-state index >= 15 is 0 Å². The molecule has 0 amide bonds. The van der Waals surface area contributed by atoms with Gasteiger partial charge in [0.2, 0.25) is 5.16 Å². The van der Waals surface area contributed by atoms with Crippen LogP contribution in [0.3, 0.4) is 0 Å². The van der Waals surface area contributed by atoms with Gasteiger partial charge >= 0.3 is 0 Å². The van der Waals surface area contributed by atoms with Gasteiger partial charge in [-0.25, -0.2) is 0 Å². The molecule has 1 heterocycles. The second-order valence-electron chi connectivity index (χ2n) is 5.38. The van der Waals surface area contributed by atoms with Crippen molar-refractivity contribution in [2.24, 2.45) is 0 Å². The molecule has 0 saturated heterocycles. The summed E-state index contributed by atoms with van der Waals surface area (Å²) >= 11 is 7.16. The average Bonchev–Trinajstić information content (AvgIpc) is 3.04. The van der Waals surface area contributed by atoms with Crippen LogP contribution in [0.1, 0.15) is 21.5 Å². The number of hydrogen-bond acceptors (Lipinski definition) is 5. The maximum Gasteiger partial charge on any atom is 0.214 e. The minimum absolute atomic E-state index is 0.00665. The SMILES string of the molecule is Cc1ccc(C)c(-n2nnnc2SCC(=O)c2ccc(Cl)cc2)c1. The Balaban J connectivity index is 1.78. The van der Waals surface area contributed by atoms with Crippen molar-refractivity contribution in [1.29, 1.82) is 0 Å². The topological polar surface area (TPSA) is 60.7 Å². The van der Waals surface area contributed by atoms with Crippen molar-refractivity contribution in [2.75, 3.05) is 5.75 Å². The molecular formula is C17H15ClN4OS. The summed E-state index contributed by atoms with van der Waals surface area (Å²) < 4.78 is 1.67. The average molecular weight is 359 g/mol. The Labute approximate surface area is 149 Å². The molecule has 2 aromatic carbocycles. The summed E-state index contributed by atoms with van der Waals surface area (Å²) in [6, 6.07) is 13.0. The Morgan fingerprint density at radius 1 is 1.17 bits per heavy atom. The van der Waals surface area contributed by atoms with Crippen molar-refractivity contribution < 1.29 is 4.79 Å². The number of Topliss-reactive ketones (excluding diaryl/α,β-unsaturated/α-hetero) is 1. The zero-order valence-corrected chi connectivity index (χ0v) is 14.8. The van der Waals surface area contributed by atoms with Crippen molar-refractivity contribution in [3.8, 4) is 5.69 Å². The van der Waals surface area contributed by atoms with Crippen molar-refractivity contribution in [2.45, 2.75) is 19.0 Å². The van der Waals surface area contributed by atoms with Gasteiger partial charge in [-0.3, -0.25) is 4.79 Å². The molecule has 0 atom stereocenters. The molecule has 3 rings (SSSR count). The highest BCUT2D eigenvalue weighted by Gasteiger charge is 2.14. The van der Waals surface area contributed by atoms with Crippen LogP contribution in [-0.2, 0) is 0 Å². The largest absolute Gasteiger partial charge is 0.293 e. The molecule has 0 unspecified atom stereocenters. The Morgan fingerprint density at radius 3 is 2.67 bits per heavy atom. The van der Waals surface area contributed by atoms with Crippen molar-refractivity contribution in [3.05, 3.63) is 64.2 Å². The molecule has 122 valence electrons. The zero-order chi connectivity index (χ0) is 17.1. The molecule has 0 aliphatic heterocycles. The maximum absolute atomic E-state index is 12.3. The lowest BCUT2D eigenvalue weighted by Crippen LogP contribution is -2.06. The van der Waals surface area contributed by atoms with E-state index in [-0.39, 0.29) is 11.5 Å². The highest BCUT2D eigenvalue weighted by Crippen LogP contribution is 2.22. The van der Waals surface area contributed by atoms with Gasteiger partial charge in [0.15, 0.2) is 5.78 Å². The van der Waals surface area contributed by atoms with Crippen LogP contribution in [-0.4, -0.2) is 31.7 Å². The van der Waals surface area contributed by atoms with Crippen LogP contribution in [0.5, 0.6) is 0 Å². The van der Waals surface area contributed by atoms with Gasteiger partial charge in [0.1, 0.15) is 0 Å². The quantitative estimate of drug-likeness (QED) is 0.511. The number of halogens is 1. The summed E-state index contributed by atoms with van der Waals surface area (Å²) in [5.41, 5.74) is 3.73. The smallest absolute Gasteiger partial charge is 0.214 e. The molecule has 0 bridgehead atoms. The fraction of sp³-hybridized carbons (Fsp3) is 0.176. The van der Waals surface area contributed by atoms with Crippen LogP contribution >= 0.6 is 23.4 Å². The molecule has 0 radical (unpaired) electrons. The van der Waals surface area contributed by atoms with Crippen LogP contribution in [0.4, 0.5) is 0 Å². The van der Waals surface area contributed by atoms with Gasteiger partial charge in [0, 0.05) is 10.6 Å². The van der Waals surface area contributed by atoms with Crippen LogP contribution in [0.15, 0.2) is 47.6 Å². The first-order valence-electron chi connectivity index (χ1n) is 7.32. The predicted octanol–water partition coefficient (Wildman–Crippen LogP) is 3.91. The number of hydrogen-bond donors (Lipinski definition) is 0. The number of rotatable bonds is 5. The van der Waals surface area contributed by atoms with Crippen LogP contribution in [0.25, 0.3) is 5.69 Å². The number of aromatic nitrogens is 4. The summed E-state index contributed by atoms with van der Waals surface area (Å²) in [6.45, 7) is 4.02. The maximum atomic E-state index is 12.3. The van der Waals surface area contributed by atoms with Gasteiger partial charge in [-0.15, -0.1) is 5.10 Å². The van der Waals surface area contributed by atoms with Crippen molar-refractivity contribution >= 4 is 29.1 Å². The molecule has 7 heteroatoms. The number of carbonyl (C=O) groups is 1. The molecule has 0 aliphatic rings. The third-order valence-electron chi connectivity index (χ3n) is 3.53.